The van der Waals surface area contributed by atoms with E-state index in [9.17, 15) is 9.59 Å². The highest BCUT2D eigenvalue weighted by Gasteiger charge is 2.02. The van der Waals surface area contributed by atoms with Crippen LogP contribution in [0.4, 0.5) is 0 Å². The van der Waals surface area contributed by atoms with Gasteiger partial charge in [0.25, 0.3) is 0 Å². The zero-order valence-corrected chi connectivity index (χ0v) is 13.2. The highest BCUT2D eigenvalue weighted by molar-refractivity contribution is 6.42. The van der Waals surface area contributed by atoms with Gasteiger partial charge in [0, 0.05) is 19.0 Å². The van der Waals surface area contributed by atoms with Gasteiger partial charge in [-0.2, -0.15) is 0 Å². The predicted octanol–water partition coefficient (Wildman–Crippen LogP) is 3.47. The number of ether oxygens (including phenoxy) is 1. The summed E-state index contributed by atoms with van der Waals surface area (Å²) in [4.78, 5) is 22.7. The molecule has 1 aromatic carbocycles. The van der Waals surface area contributed by atoms with Crippen molar-refractivity contribution in [3.63, 3.8) is 0 Å². The van der Waals surface area contributed by atoms with Gasteiger partial charge in [0.15, 0.2) is 0 Å². The minimum atomic E-state index is -0.252. The molecule has 0 saturated carbocycles. The van der Waals surface area contributed by atoms with E-state index in [0.29, 0.717) is 36.0 Å². The molecule has 4 nitrogen and oxygen atoms in total. The number of hydrogen-bond acceptors (Lipinski definition) is 3. The van der Waals surface area contributed by atoms with Crippen LogP contribution in [0.1, 0.15) is 25.3 Å². The number of nitrogens with one attached hydrogen (secondary N) is 1. The van der Waals surface area contributed by atoms with E-state index in [4.69, 9.17) is 27.9 Å². The van der Waals surface area contributed by atoms with Crippen LogP contribution < -0.4 is 5.32 Å². The Bertz CT molecular complexity index is 530. The van der Waals surface area contributed by atoms with E-state index in [0.717, 1.165) is 5.56 Å². The first kappa shape index (κ1) is 17.5. The molecule has 1 amide bonds. The molecule has 114 valence electrons. The van der Waals surface area contributed by atoms with E-state index in [2.05, 4.69) is 5.32 Å². The monoisotopic (exact) mass is 329 g/mol. The van der Waals surface area contributed by atoms with Gasteiger partial charge < -0.3 is 10.1 Å². The second-order valence-electron chi connectivity index (χ2n) is 4.21. The van der Waals surface area contributed by atoms with Crippen LogP contribution in [-0.2, 0) is 14.3 Å². The zero-order valence-electron chi connectivity index (χ0n) is 11.7. The SMILES string of the molecule is CCOC(=O)CCCNC(=O)C=Cc1ccc(Cl)c(Cl)c1. The van der Waals surface area contributed by atoms with Gasteiger partial charge in [0.2, 0.25) is 5.91 Å². The second kappa shape index (κ2) is 9.42. The van der Waals surface area contributed by atoms with Crippen molar-refractivity contribution in [3.05, 3.63) is 39.9 Å². The number of rotatable bonds is 7. The van der Waals surface area contributed by atoms with E-state index < -0.39 is 0 Å². The fraction of sp³-hybridized carbons (Fsp3) is 0.333. The summed E-state index contributed by atoms with van der Waals surface area (Å²) in [5.41, 5.74) is 0.783. The molecule has 0 unspecified atom stereocenters. The number of esters is 1. The number of halogens is 2. The molecular formula is C15H17Cl2NO3. The lowest BCUT2D eigenvalue weighted by Crippen LogP contribution is -2.22. The maximum absolute atomic E-state index is 11.6. The van der Waals surface area contributed by atoms with E-state index in [1.807, 2.05) is 0 Å². The molecule has 1 aromatic rings. The van der Waals surface area contributed by atoms with Crippen LogP contribution in [0.2, 0.25) is 10.0 Å². The van der Waals surface area contributed by atoms with Crippen molar-refractivity contribution in [1.29, 1.82) is 0 Å². The first-order valence-corrected chi connectivity index (χ1v) is 7.35. The summed E-state index contributed by atoms with van der Waals surface area (Å²) < 4.78 is 4.79. The molecule has 0 atom stereocenters. The van der Waals surface area contributed by atoms with Gasteiger partial charge in [-0.3, -0.25) is 9.59 Å². The van der Waals surface area contributed by atoms with E-state index in [1.54, 1.807) is 31.2 Å². The normalized spacial score (nSPS) is 10.6. The summed E-state index contributed by atoms with van der Waals surface area (Å²) in [6.45, 7) is 2.55. The van der Waals surface area contributed by atoms with Crippen molar-refractivity contribution in [3.8, 4) is 0 Å². The first-order valence-electron chi connectivity index (χ1n) is 6.59. The fourth-order valence-electron chi connectivity index (χ4n) is 1.52. The van der Waals surface area contributed by atoms with Gasteiger partial charge in [-0.15, -0.1) is 0 Å². The molecule has 0 saturated heterocycles. The Morgan fingerprint density at radius 1 is 1.29 bits per heavy atom. The van der Waals surface area contributed by atoms with Crippen LogP contribution in [-0.4, -0.2) is 25.0 Å². The Balaban J connectivity index is 2.31. The standard InChI is InChI=1S/C15H17Cl2NO3/c1-2-21-15(20)4-3-9-18-14(19)8-6-11-5-7-12(16)13(17)10-11/h5-8,10H,2-4,9H2,1H3,(H,18,19). The van der Waals surface area contributed by atoms with Crippen LogP contribution >= 0.6 is 23.2 Å². The van der Waals surface area contributed by atoms with Gasteiger partial charge in [0.05, 0.1) is 16.7 Å². The van der Waals surface area contributed by atoms with Gasteiger partial charge in [-0.1, -0.05) is 29.3 Å². The van der Waals surface area contributed by atoms with Crippen molar-refractivity contribution >= 4 is 41.2 Å². The predicted molar refractivity (Wildman–Crippen MR) is 84.4 cm³/mol. The lowest BCUT2D eigenvalue weighted by Gasteiger charge is -2.03. The lowest BCUT2D eigenvalue weighted by molar-refractivity contribution is -0.143. The molecule has 0 heterocycles. The molecule has 0 aliphatic heterocycles. The quantitative estimate of drug-likeness (QED) is 0.473. The summed E-state index contributed by atoms with van der Waals surface area (Å²) in [6.07, 6.45) is 3.89. The van der Waals surface area contributed by atoms with Crippen molar-refractivity contribution in [2.24, 2.45) is 0 Å². The largest absolute Gasteiger partial charge is 0.466 e. The molecule has 6 heteroatoms. The number of carbonyl (C=O) groups is 2. The molecule has 0 aliphatic rings. The Morgan fingerprint density at radius 2 is 2.05 bits per heavy atom. The van der Waals surface area contributed by atoms with E-state index in [1.165, 1.54) is 6.08 Å². The Hall–Kier alpha value is -1.52. The number of carbonyl (C=O) groups excluding carboxylic acids is 2. The highest BCUT2D eigenvalue weighted by atomic mass is 35.5. The summed E-state index contributed by atoms with van der Waals surface area (Å²) in [5, 5.41) is 3.59. The minimum Gasteiger partial charge on any atom is -0.466 e. The Labute approximate surface area is 134 Å². The molecule has 0 fully saturated rings. The van der Waals surface area contributed by atoms with Crippen molar-refractivity contribution < 1.29 is 14.3 Å². The number of benzene rings is 1. The van der Waals surface area contributed by atoms with Gasteiger partial charge in [0.1, 0.15) is 0 Å². The van der Waals surface area contributed by atoms with Crippen LogP contribution in [0, 0.1) is 0 Å². The average Bonchev–Trinajstić information content (AvgIpc) is 2.45. The molecule has 1 rings (SSSR count). The first-order chi connectivity index (χ1) is 10.0. The third kappa shape index (κ3) is 7.16. The van der Waals surface area contributed by atoms with E-state index in [-0.39, 0.29) is 11.9 Å². The maximum atomic E-state index is 11.6. The third-order valence-corrected chi connectivity index (χ3v) is 3.27. The van der Waals surface area contributed by atoms with Gasteiger partial charge in [-0.25, -0.2) is 0 Å². The molecule has 0 bridgehead atoms. The molecule has 0 aromatic heterocycles. The topological polar surface area (TPSA) is 55.4 Å². The fourth-order valence-corrected chi connectivity index (χ4v) is 1.83. The molecule has 21 heavy (non-hydrogen) atoms. The summed E-state index contributed by atoms with van der Waals surface area (Å²) in [5.74, 6) is -0.483. The van der Waals surface area contributed by atoms with Crippen LogP contribution in [0.15, 0.2) is 24.3 Å². The van der Waals surface area contributed by atoms with E-state index >= 15 is 0 Å². The molecule has 1 N–H and O–H groups in total. The van der Waals surface area contributed by atoms with Crippen molar-refractivity contribution in [2.45, 2.75) is 19.8 Å². The van der Waals surface area contributed by atoms with Gasteiger partial charge >= 0.3 is 5.97 Å². The van der Waals surface area contributed by atoms with Crippen LogP contribution in [0.5, 0.6) is 0 Å². The Morgan fingerprint density at radius 3 is 2.71 bits per heavy atom. The molecule has 0 radical (unpaired) electrons. The smallest absolute Gasteiger partial charge is 0.305 e. The van der Waals surface area contributed by atoms with Crippen LogP contribution in [0.3, 0.4) is 0 Å². The van der Waals surface area contributed by atoms with Crippen LogP contribution in [0.25, 0.3) is 6.08 Å². The molecular weight excluding hydrogens is 313 g/mol. The number of amides is 1. The summed E-state index contributed by atoms with van der Waals surface area (Å²) >= 11 is 11.7. The van der Waals surface area contributed by atoms with Gasteiger partial charge in [-0.05, 0) is 37.1 Å². The number of hydrogen-bond donors (Lipinski definition) is 1. The lowest BCUT2D eigenvalue weighted by atomic mass is 10.2. The second-order valence-corrected chi connectivity index (χ2v) is 5.02. The third-order valence-electron chi connectivity index (χ3n) is 2.53. The van der Waals surface area contributed by atoms with Crippen molar-refractivity contribution in [1.82, 2.24) is 5.32 Å². The Kier molecular flexibility index (Phi) is 7.87. The van der Waals surface area contributed by atoms with Crippen molar-refractivity contribution in [2.75, 3.05) is 13.2 Å². The minimum absolute atomic E-state index is 0.232. The average molecular weight is 330 g/mol. The highest BCUT2D eigenvalue weighted by Crippen LogP contribution is 2.22. The summed E-state index contributed by atoms with van der Waals surface area (Å²) in [7, 11) is 0. The molecule has 0 aliphatic carbocycles. The zero-order chi connectivity index (χ0) is 15.7. The molecule has 0 spiro atoms. The summed E-state index contributed by atoms with van der Waals surface area (Å²) in [6, 6.07) is 5.11. The maximum Gasteiger partial charge on any atom is 0.305 e.